The van der Waals surface area contributed by atoms with Gasteiger partial charge in [0.05, 0.1) is 11.6 Å². The minimum absolute atomic E-state index is 0.0325. The van der Waals surface area contributed by atoms with Crippen LogP contribution in [0.4, 0.5) is 10.1 Å². The molecule has 176 valence electrons. The fourth-order valence-electron chi connectivity index (χ4n) is 4.20. The molecule has 3 aromatic carbocycles. The maximum atomic E-state index is 14.2. The average Bonchev–Trinajstić information content (AvgIpc) is 2.85. The molecule has 2 N–H and O–H groups in total. The number of nitrogens with zero attached hydrogens (tertiary/aromatic N) is 1. The molecule has 0 saturated carbocycles. The molecule has 0 aromatic heterocycles. The van der Waals surface area contributed by atoms with Crippen LogP contribution in [-0.4, -0.2) is 43.9 Å². The summed E-state index contributed by atoms with van der Waals surface area (Å²) in [4.78, 5) is 28.7. The molecule has 5 nitrogen and oxygen atoms in total. The number of ketones is 1. The highest BCUT2D eigenvalue weighted by molar-refractivity contribution is 9.10. The van der Waals surface area contributed by atoms with E-state index < -0.39 is 6.04 Å². The average molecular weight is 524 g/mol. The van der Waals surface area contributed by atoms with Crippen LogP contribution < -0.4 is 15.5 Å². The van der Waals surface area contributed by atoms with Crippen molar-refractivity contribution in [3.63, 3.8) is 0 Å². The summed E-state index contributed by atoms with van der Waals surface area (Å²) in [6, 6.07) is 20.5. The quantitative estimate of drug-likeness (QED) is 0.465. The molecule has 34 heavy (non-hydrogen) atoms. The lowest BCUT2D eigenvalue weighted by Gasteiger charge is -2.31. The van der Waals surface area contributed by atoms with Crippen LogP contribution >= 0.6 is 15.9 Å². The number of rotatable bonds is 8. The first kappa shape index (κ1) is 24.1. The van der Waals surface area contributed by atoms with Gasteiger partial charge in [0.1, 0.15) is 5.82 Å². The van der Waals surface area contributed by atoms with E-state index in [-0.39, 0.29) is 23.9 Å². The Balaban J connectivity index is 1.59. The fourth-order valence-corrected chi connectivity index (χ4v) is 4.66. The van der Waals surface area contributed by atoms with Gasteiger partial charge in [0, 0.05) is 42.8 Å². The highest BCUT2D eigenvalue weighted by Crippen LogP contribution is 2.24. The largest absolute Gasteiger partial charge is 0.369 e. The second kappa shape index (κ2) is 11.4. The molecule has 4 rings (SSSR count). The normalized spacial score (nSPS) is 14.5. The second-order valence-corrected chi connectivity index (χ2v) is 9.20. The molecule has 1 amide bonds. The number of carbonyl (C=O) groups is 2. The summed E-state index contributed by atoms with van der Waals surface area (Å²) in [7, 11) is 0. The number of Topliss-reactive ketones (excluding diaryl/α,β-unsaturated/α-hetero) is 1. The monoisotopic (exact) mass is 523 g/mol. The molecule has 0 aliphatic carbocycles. The molecule has 1 aliphatic rings. The van der Waals surface area contributed by atoms with E-state index in [2.05, 4.69) is 31.5 Å². The van der Waals surface area contributed by atoms with Gasteiger partial charge in [-0.3, -0.25) is 9.59 Å². The van der Waals surface area contributed by atoms with Gasteiger partial charge < -0.3 is 15.5 Å². The van der Waals surface area contributed by atoms with Crippen molar-refractivity contribution >= 4 is 33.3 Å². The van der Waals surface area contributed by atoms with E-state index in [0.29, 0.717) is 22.0 Å². The van der Waals surface area contributed by atoms with Gasteiger partial charge in [-0.15, -0.1) is 0 Å². The Labute approximate surface area is 207 Å². The summed E-state index contributed by atoms with van der Waals surface area (Å²) in [5, 5.41) is 6.23. The Morgan fingerprint density at radius 3 is 2.44 bits per heavy atom. The third-order valence-corrected chi connectivity index (χ3v) is 6.65. The zero-order chi connectivity index (χ0) is 23.9. The highest BCUT2D eigenvalue weighted by Gasteiger charge is 2.25. The first-order valence-corrected chi connectivity index (χ1v) is 12.2. The summed E-state index contributed by atoms with van der Waals surface area (Å²) in [5.74, 6) is -0.867. The first-order valence-electron chi connectivity index (χ1n) is 11.4. The third-order valence-electron chi connectivity index (χ3n) is 5.96. The smallest absolute Gasteiger partial charge is 0.253 e. The van der Waals surface area contributed by atoms with E-state index in [0.717, 1.165) is 37.4 Å². The third kappa shape index (κ3) is 6.10. The Kier molecular flexibility index (Phi) is 8.08. The Bertz CT molecular complexity index is 1150. The van der Waals surface area contributed by atoms with E-state index >= 15 is 0 Å². The van der Waals surface area contributed by atoms with Crippen LogP contribution in [0.15, 0.2) is 77.3 Å². The summed E-state index contributed by atoms with van der Waals surface area (Å²) in [6.45, 7) is 3.25. The second-order valence-electron chi connectivity index (χ2n) is 8.35. The van der Waals surface area contributed by atoms with E-state index in [1.165, 1.54) is 12.1 Å². The zero-order valence-corrected chi connectivity index (χ0v) is 20.4. The number of hydrogen-bond donors (Lipinski definition) is 2. The van der Waals surface area contributed by atoms with Crippen LogP contribution in [0.2, 0.25) is 0 Å². The number of piperazine rings is 1. The highest BCUT2D eigenvalue weighted by atomic mass is 79.9. The van der Waals surface area contributed by atoms with Gasteiger partial charge in [-0.25, -0.2) is 4.39 Å². The molecule has 1 fully saturated rings. The van der Waals surface area contributed by atoms with Gasteiger partial charge in [-0.05, 0) is 63.8 Å². The standard InChI is InChI=1S/C27H27BrFN3O2/c28-23-9-5-4-8-22(23)27(34)31-24(16-19-6-2-1-3-7-19)26(33)18-20-17-21(29)10-11-25(20)32-14-12-30-13-15-32/h1-11,17,24,30H,12-16,18H2,(H,31,34). The van der Waals surface area contributed by atoms with E-state index in [1.807, 2.05) is 36.4 Å². The molecule has 1 heterocycles. The lowest BCUT2D eigenvalue weighted by Crippen LogP contribution is -2.45. The lowest BCUT2D eigenvalue weighted by atomic mass is 9.96. The van der Waals surface area contributed by atoms with Crippen LogP contribution in [-0.2, 0) is 17.6 Å². The molecule has 0 bridgehead atoms. The van der Waals surface area contributed by atoms with Crippen molar-refractivity contribution in [2.45, 2.75) is 18.9 Å². The molecular weight excluding hydrogens is 497 g/mol. The van der Waals surface area contributed by atoms with Crippen molar-refractivity contribution < 1.29 is 14.0 Å². The predicted molar refractivity (Wildman–Crippen MR) is 136 cm³/mol. The SMILES string of the molecule is O=C(NC(Cc1ccccc1)C(=O)Cc1cc(F)ccc1N1CCNCC1)c1ccccc1Br. The zero-order valence-electron chi connectivity index (χ0n) is 18.8. The molecule has 1 aliphatic heterocycles. The van der Waals surface area contributed by atoms with Crippen molar-refractivity contribution in [3.8, 4) is 0 Å². The minimum Gasteiger partial charge on any atom is -0.369 e. The molecular formula is C27H27BrFN3O2. The Hall–Kier alpha value is -3.03. The molecule has 0 radical (unpaired) electrons. The Morgan fingerprint density at radius 1 is 1.00 bits per heavy atom. The molecule has 1 unspecified atom stereocenters. The summed E-state index contributed by atoms with van der Waals surface area (Å²) in [5.41, 5.74) is 2.91. The number of amides is 1. The van der Waals surface area contributed by atoms with Crippen molar-refractivity contribution in [1.29, 1.82) is 0 Å². The molecule has 3 aromatic rings. The predicted octanol–water partition coefficient (Wildman–Crippen LogP) is 4.15. The first-order chi connectivity index (χ1) is 16.5. The van der Waals surface area contributed by atoms with Crippen LogP contribution in [0.1, 0.15) is 21.5 Å². The van der Waals surface area contributed by atoms with Crippen LogP contribution in [0, 0.1) is 5.82 Å². The van der Waals surface area contributed by atoms with Crippen molar-refractivity contribution in [3.05, 3.63) is 99.8 Å². The van der Waals surface area contributed by atoms with E-state index in [1.54, 1.807) is 24.3 Å². The van der Waals surface area contributed by atoms with Crippen LogP contribution in [0.3, 0.4) is 0 Å². The maximum Gasteiger partial charge on any atom is 0.253 e. The lowest BCUT2D eigenvalue weighted by molar-refractivity contribution is -0.120. The summed E-state index contributed by atoms with van der Waals surface area (Å²) in [6.07, 6.45) is 0.388. The van der Waals surface area contributed by atoms with Crippen LogP contribution in [0.5, 0.6) is 0 Å². The fraction of sp³-hybridized carbons (Fsp3) is 0.259. The number of halogens is 2. The minimum atomic E-state index is -0.749. The van der Waals surface area contributed by atoms with Crippen molar-refractivity contribution in [1.82, 2.24) is 10.6 Å². The van der Waals surface area contributed by atoms with Gasteiger partial charge in [-0.1, -0.05) is 42.5 Å². The number of hydrogen-bond acceptors (Lipinski definition) is 4. The van der Waals surface area contributed by atoms with Gasteiger partial charge in [-0.2, -0.15) is 0 Å². The summed E-state index contributed by atoms with van der Waals surface area (Å²) < 4.78 is 14.8. The maximum absolute atomic E-state index is 14.2. The Morgan fingerprint density at radius 2 is 1.71 bits per heavy atom. The van der Waals surface area contributed by atoms with Crippen molar-refractivity contribution in [2.24, 2.45) is 0 Å². The van der Waals surface area contributed by atoms with Crippen molar-refractivity contribution in [2.75, 3.05) is 31.1 Å². The number of nitrogens with one attached hydrogen (secondary N) is 2. The van der Waals surface area contributed by atoms with Gasteiger partial charge in [0.2, 0.25) is 0 Å². The van der Waals surface area contributed by atoms with Gasteiger partial charge in [0.15, 0.2) is 5.78 Å². The molecule has 1 atom stereocenters. The topological polar surface area (TPSA) is 61.4 Å². The van der Waals surface area contributed by atoms with Gasteiger partial charge in [0.25, 0.3) is 5.91 Å². The number of anilines is 1. The van der Waals surface area contributed by atoms with E-state index in [9.17, 15) is 14.0 Å². The molecule has 0 spiro atoms. The van der Waals surface area contributed by atoms with Gasteiger partial charge >= 0.3 is 0 Å². The van der Waals surface area contributed by atoms with E-state index in [4.69, 9.17) is 0 Å². The molecule has 1 saturated heterocycles. The summed E-state index contributed by atoms with van der Waals surface area (Å²) >= 11 is 3.41. The molecule has 7 heteroatoms. The number of carbonyl (C=O) groups excluding carboxylic acids is 2. The van der Waals surface area contributed by atoms with Crippen LogP contribution in [0.25, 0.3) is 0 Å². The number of benzene rings is 3.